The molecule has 92 valence electrons. The molecule has 0 spiro atoms. The van der Waals surface area contributed by atoms with E-state index in [1.807, 2.05) is 0 Å². The van der Waals surface area contributed by atoms with Crippen LogP contribution in [0.5, 0.6) is 0 Å². The maximum absolute atomic E-state index is 9.61. The predicted octanol–water partition coefficient (Wildman–Crippen LogP) is -0.351. The molecule has 0 heterocycles. The van der Waals surface area contributed by atoms with Crippen molar-refractivity contribution in [2.24, 2.45) is 0 Å². The smallest absolute Gasteiger partial charge is 0.397 e. The molecule has 0 aliphatic heterocycles. The minimum Gasteiger partial charge on any atom is -0.399 e. The number of aliphatic hydroxyl groups excluding tert-OH is 1. The number of hydrogen-bond donors (Lipinski definition) is 4. The zero-order chi connectivity index (χ0) is 12.6. The minimum atomic E-state index is -4.35. The lowest BCUT2D eigenvalue weighted by Gasteiger charge is -1.92. The van der Waals surface area contributed by atoms with Crippen molar-refractivity contribution in [2.45, 2.75) is 0 Å². The van der Waals surface area contributed by atoms with Gasteiger partial charge in [-0.25, -0.2) is 4.18 Å². The van der Waals surface area contributed by atoms with E-state index >= 15 is 0 Å². The van der Waals surface area contributed by atoms with Gasteiger partial charge in [0, 0.05) is 11.4 Å². The second-order valence-electron chi connectivity index (χ2n) is 2.64. The average Bonchev–Trinajstić information content (AvgIpc) is 2.19. The summed E-state index contributed by atoms with van der Waals surface area (Å²) in [5.41, 5.74) is 12.2. The van der Waals surface area contributed by atoms with Crippen LogP contribution in [0.15, 0.2) is 24.3 Å². The van der Waals surface area contributed by atoms with Gasteiger partial charge in [0.1, 0.15) is 0 Å². The zero-order valence-corrected chi connectivity index (χ0v) is 9.22. The summed E-state index contributed by atoms with van der Waals surface area (Å²) < 4.78 is 30.7. The van der Waals surface area contributed by atoms with Gasteiger partial charge < -0.3 is 16.6 Å². The molecule has 0 fully saturated rings. The fraction of sp³-hybridized carbons (Fsp3) is 0.250. The molecule has 0 aliphatic carbocycles. The van der Waals surface area contributed by atoms with Gasteiger partial charge in [0.25, 0.3) is 0 Å². The lowest BCUT2D eigenvalue weighted by molar-refractivity contribution is 0.188. The van der Waals surface area contributed by atoms with Crippen LogP contribution in [-0.4, -0.2) is 31.3 Å². The third-order valence-electron chi connectivity index (χ3n) is 1.26. The van der Waals surface area contributed by atoms with Crippen molar-refractivity contribution in [3.05, 3.63) is 24.3 Å². The van der Waals surface area contributed by atoms with Crippen molar-refractivity contribution in [3.8, 4) is 0 Å². The van der Waals surface area contributed by atoms with Gasteiger partial charge in [0.15, 0.2) is 0 Å². The molecule has 0 aromatic heterocycles. The number of nitrogens with two attached hydrogens (primary N) is 2. The molecule has 0 unspecified atom stereocenters. The highest BCUT2D eigenvalue weighted by Gasteiger charge is 2.00. The lowest BCUT2D eigenvalue weighted by Crippen LogP contribution is -2.06. The third kappa shape index (κ3) is 9.21. The van der Waals surface area contributed by atoms with Crippen molar-refractivity contribution < 1.29 is 22.3 Å². The highest BCUT2D eigenvalue weighted by Crippen LogP contribution is 2.04. The summed E-state index contributed by atoms with van der Waals surface area (Å²) in [5.74, 6) is 0. The quantitative estimate of drug-likeness (QED) is 0.425. The Balaban J connectivity index is 0.000000281. The van der Waals surface area contributed by atoms with Crippen LogP contribution in [0.25, 0.3) is 0 Å². The fourth-order valence-electron chi connectivity index (χ4n) is 0.639. The third-order valence-corrected chi connectivity index (χ3v) is 1.72. The van der Waals surface area contributed by atoms with Gasteiger partial charge in [0.05, 0.1) is 13.2 Å². The molecule has 0 saturated heterocycles. The summed E-state index contributed by atoms with van der Waals surface area (Å²) in [6.07, 6.45) is 0. The molecule has 1 aromatic rings. The molecule has 0 saturated carbocycles. The number of aliphatic hydroxyl groups is 1. The van der Waals surface area contributed by atoms with Gasteiger partial charge in [-0.3, -0.25) is 4.55 Å². The van der Waals surface area contributed by atoms with E-state index in [1.165, 1.54) is 0 Å². The first-order chi connectivity index (χ1) is 7.35. The average molecular weight is 250 g/mol. The Morgan fingerprint density at radius 1 is 1.12 bits per heavy atom. The highest BCUT2D eigenvalue weighted by atomic mass is 32.3. The normalized spacial score (nSPS) is 10.4. The second kappa shape index (κ2) is 7.01. The Morgan fingerprint density at radius 3 is 1.69 bits per heavy atom. The van der Waals surface area contributed by atoms with Crippen LogP contribution < -0.4 is 11.5 Å². The van der Waals surface area contributed by atoms with Gasteiger partial charge >= 0.3 is 10.4 Å². The molecule has 6 N–H and O–H groups in total. The molecule has 0 aliphatic rings. The summed E-state index contributed by atoms with van der Waals surface area (Å²) in [6.45, 7) is -0.835. The van der Waals surface area contributed by atoms with E-state index in [0.29, 0.717) is 0 Å². The number of benzene rings is 1. The molecule has 0 atom stereocenters. The van der Waals surface area contributed by atoms with Gasteiger partial charge in [-0.1, -0.05) is 0 Å². The van der Waals surface area contributed by atoms with Crippen molar-refractivity contribution in [1.29, 1.82) is 0 Å². The van der Waals surface area contributed by atoms with Crippen molar-refractivity contribution in [3.63, 3.8) is 0 Å². The Labute approximate surface area is 93.6 Å². The number of anilines is 2. The Morgan fingerprint density at radius 2 is 1.50 bits per heavy atom. The van der Waals surface area contributed by atoms with E-state index in [4.69, 9.17) is 21.1 Å². The molecule has 16 heavy (non-hydrogen) atoms. The first kappa shape index (κ1) is 14.6. The first-order valence-corrected chi connectivity index (χ1v) is 5.55. The van der Waals surface area contributed by atoms with Gasteiger partial charge in [-0.15, -0.1) is 0 Å². The number of rotatable bonds is 3. The monoisotopic (exact) mass is 250 g/mol. The SMILES string of the molecule is Nc1ccc(N)cc1.O=S(=O)(O)OCCO. The van der Waals surface area contributed by atoms with Gasteiger partial charge in [0.2, 0.25) is 0 Å². The standard InChI is InChI=1S/C6H8N2.C2H6O5S/c7-5-1-2-6(8)4-3-5;3-1-2-7-8(4,5)6/h1-4H,7-8H2;3H,1-2H2,(H,4,5,6). The lowest BCUT2D eigenvalue weighted by atomic mass is 10.3. The summed E-state index contributed by atoms with van der Waals surface area (Å²) >= 11 is 0. The minimum absolute atomic E-state index is 0.404. The topological polar surface area (TPSA) is 136 Å². The second-order valence-corrected chi connectivity index (χ2v) is 3.73. The van der Waals surface area contributed by atoms with E-state index in [0.717, 1.165) is 11.4 Å². The molecule has 1 aromatic carbocycles. The molecule has 0 amide bonds. The summed E-state index contributed by atoms with van der Waals surface area (Å²) in [7, 11) is -4.35. The van der Waals surface area contributed by atoms with Crippen LogP contribution in [0.3, 0.4) is 0 Å². The summed E-state index contributed by atoms with van der Waals surface area (Å²) in [4.78, 5) is 0. The van der Waals surface area contributed by atoms with E-state index < -0.39 is 23.6 Å². The van der Waals surface area contributed by atoms with Crippen LogP contribution in [0.1, 0.15) is 0 Å². The zero-order valence-electron chi connectivity index (χ0n) is 8.41. The number of nitrogen functional groups attached to an aromatic ring is 2. The van der Waals surface area contributed by atoms with Crippen LogP contribution in [-0.2, 0) is 14.6 Å². The van der Waals surface area contributed by atoms with E-state index in [2.05, 4.69) is 4.18 Å². The van der Waals surface area contributed by atoms with E-state index in [-0.39, 0.29) is 0 Å². The van der Waals surface area contributed by atoms with E-state index in [9.17, 15) is 8.42 Å². The summed E-state index contributed by atoms with van der Waals surface area (Å²) in [5, 5.41) is 7.93. The summed E-state index contributed by atoms with van der Waals surface area (Å²) in [6, 6.07) is 7.09. The molecule has 1 rings (SSSR count). The number of hydrogen-bond acceptors (Lipinski definition) is 6. The Hall–Kier alpha value is -1.35. The van der Waals surface area contributed by atoms with Crippen LogP contribution in [0, 0.1) is 0 Å². The Kier molecular flexibility index (Phi) is 6.42. The fourth-order valence-corrected chi connectivity index (χ4v) is 0.924. The van der Waals surface area contributed by atoms with Gasteiger partial charge in [-0.2, -0.15) is 8.42 Å². The molecule has 0 bridgehead atoms. The maximum atomic E-state index is 9.61. The van der Waals surface area contributed by atoms with Crippen molar-refractivity contribution in [2.75, 3.05) is 24.7 Å². The Bertz CT molecular complexity index is 368. The van der Waals surface area contributed by atoms with Crippen molar-refractivity contribution in [1.82, 2.24) is 0 Å². The largest absolute Gasteiger partial charge is 0.399 e. The highest BCUT2D eigenvalue weighted by molar-refractivity contribution is 7.80. The maximum Gasteiger partial charge on any atom is 0.397 e. The van der Waals surface area contributed by atoms with Crippen molar-refractivity contribution >= 4 is 21.8 Å². The van der Waals surface area contributed by atoms with Gasteiger partial charge in [-0.05, 0) is 24.3 Å². The molecule has 7 nitrogen and oxygen atoms in total. The van der Waals surface area contributed by atoms with E-state index in [1.54, 1.807) is 24.3 Å². The molecular formula is C8H14N2O5S. The van der Waals surface area contributed by atoms with Crippen LogP contribution in [0.4, 0.5) is 11.4 Å². The predicted molar refractivity (Wildman–Crippen MR) is 59.9 cm³/mol. The van der Waals surface area contributed by atoms with Crippen LogP contribution in [0.2, 0.25) is 0 Å². The molecular weight excluding hydrogens is 236 g/mol. The van der Waals surface area contributed by atoms with Crippen LogP contribution >= 0.6 is 0 Å². The molecule has 8 heteroatoms. The first-order valence-electron chi connectivity index (χ1n) is 4.19. The molecule has 0 radical (unpaired) electrons.